The molecule has 6 nitrogen and oxygen atoms in total. The lowest BCUT2D eigenvalue weighted by atomic mass is 10.2. The van der Waals surface area contributed by atoms with Crippen LogP contribution in [0.25, 0.3) is 0 Å². The monoisotopic (exact) mass is 318 g/mol. The van der Waals surface area contributed by atoms with Gasteiger partial charge < -0.3 is 4.74 Å². The summed E-state index contributed by atoms with van der Waals surface area (Å²) in [4.78, 5) is 12.1. The van der Waals surface area contributed by atoms with Gasteiger partial charge >= 0.3 is 6.09 Å². The minimum atomic E-state index is -3.58. The largest absolute Gasteiger partial charge is 0.444 e. The highest BCUT2D eigenvalue weighted by molar-refractivity contribution is 7.89. The van der Waals surface area contributed by atoms with Crippen LogP contribution < -0.4 is 10.0 Å². The molecule has 0 saturated carbocycles. The molecule has 1 aromatic carbocycles. The number of benzene rings is 1. The smallest absolute Gasteiger partial charge is 0.412 e. The summed E-state index contributed by atoms with van der Waals surface area (Å²) >= 11 is 4.17. The molecule has 0 aliphatic heterocycles. The highest BCUT2D eigenvalue weighted by atomic mass is 32.2. The Hall–Kier alpha value is -1.25. The van der Waals surface area contributed by atoms with E-state index in [1.54, 1.807) is 20.8 Å². The molecule has 1 rings (SSSR count). The minimum Gasteiger partial charge on any atom is -0.444 e. The maximum Gasteiger partial charge on any atom is 0.412 e. The number of thiol groups is 1. The van der Waals surface area contributed by atoms with E-state index >= 15 is 0 Å². The molecule has 2 N–H and O–H groups in total. The van der Waals surface area contributed by atoms with Gasteiger partial charge in [0.1, 0.15) is 5.60 Å². The van der Waals surface area contributed by atoms with E-state index in [2.05, 4.69) is 22.7 Å². The third kappa shape index (κ3) is 4.69. The number of sulfonamides is 1. The Morgan fingerprint density at radius 3 is 2.40 bits per heavy atom. The molecule has 0 saturated heterocycles. The van der Waals surface area contributed by atoms with Crippen molar-refractivity contribution in [3.63, 3.8) is 0 Å². The molecule has 0 heterocycles. The summed E-state index contributed by atoms with van der Waals surface area (Å²) in [6.07, 6.45) is -0.674. The molecule has 112 valence electrons. The Bertz CT molecular complexity index is 606. The summed E-state index contributed by atoms with van der Waals surface area (Å²) in [6.45, 7) is 5.20. The van der Waals surface area contributed by atoms with Gasteiger partial charge in [0.25, 0.3) is 0 Å². The van der Waals surface area contributed by atoms with Gasteiger partial charge in [-0.05, 0) is 46.0 Å². The van der Waals surface area contributed by atoms with Crippen molar-refractivity contribution >= 4 is 34.4 Å². The van der Waals surface area contributed by atoms with Gasteiger partial charge in [0.2, 0.25) is 10.0 Å². The number of anilines is 1. The summed E-state index contributed by atoms with van der Waals surface area (Å²) in [6, 6.07) is 4.20. The average molecular weight is 318 g/mol. The Morgan fingerprint density at radius 1 is 1.30 bits per heavy atom. The highest BCUT2D eigenvalue weighted by Gasteiger charge is 2.18. The molecule has 0 fully saturated rings. The lowest BCUT2D eigenvalue weighted by molar-refractivity contribution is 0.0635. The maximum absolute atomic E-state index is 11.7. The predicted octanol–water partition coefficient (Wildman–Crippen LogP) is 2.23. The standard InChI is InChI=1S/C12H18N2O4S2/c1-12(2,3)18-11(15)14-9-7-8(5-6-10(9)19)20(16,17)13-4/h5-7,13,19H,1-4H3,(H,14,15). The maximum atomic E-state index is 11.7. The molecule has 0 radical (unpaired) electrons. The van der Waals surface area contributed by atoms with Gasteiger partial charge in [-0.15, -0.1) is 12.6 Å². The second-order valence-corrected chi connectivity index (χ2v) is 7.38. The second kappa shape index (κ2) is 6.02. The second-order valence-electron chi connectivity index (χ2n) is 5.01. The van der Waals surface area contributed by atoms with Gasteiger partial charge in [0, 0.05) is 4.90 Å². The molecular weight excluding hydrogens is 300 g/mol. The molecule has 0 unspecified atom stereocenters. The number of ether oxygens (including phenoxy) is 1. The molecular formula is C12H18N2O4S2. The van der Waals surface area contributed by atoms with E-state index in [0.29, 0.717) is 4.90 Å². The fourth-order valence-corrected chi connectivity index (χ4v) is 2.26. The lowest BCUT2D eigenvalue weighted by Gasteiger charge is -2.20. The van der Waals surface area contributed by atoms with Gasteiger partial charge in [-0.3, -0.25) is 5.32 Å². The number of hydrogen-bond acceptors (Lipinski definition) is 5. The van der Waals surface area contributed by atoms with E-state index in [0.717, 1.165) is 0 Å². The van der Waals surface area contributed by atoms with Gasteiger partial charge in [0.05, 0.1) is 10.6 Å². The fourth-order valence-electron chi connectivity index (χ4n) is 1.31. The van der Waals surface area contributed by atoms with Crippen LogP contribution >= 0.6 is 12.6 Å². The number of amides is 1. The van der Waals surface area contributed by atoms with Crippen LogP contribution in [0.5, 0.6) is 0 Å². The summed E-state index contributed by atoms with van der Waals surface area (Å²) in [5.74, 6) is 0. The number of carbonyl (C=O) groups is 1. The highest BCUT2D eigenvalue weighted by Crippen LogP contribution is 2.24. The van der Waals surface area contributed by atoms with Gasteiger partial charge in [-0.25, -0.2) is 17.9 Å². The molecule has 1 amide bonds. The van der Waals surface area contributed by atoms with Crippen LogP contribution in [0.2, 0.25) is 0 Å². The van der Waals surface area contributed by atoms with E-state index in [4.69, 9.17) is 4.74 Å². The van der Waals surface area contributed by atoms with Crippen LogP contribution in [-0.4, -0.2) is 27.2 Å². The van der Waals surface area contributed by atoms with E-state index < -0.39 is 21.7 Å². The molecule has 0 aliphatic carbocycles. The Balaban J connectivity index is 3.02. The first-order valence-corrected chi connectivity index (χ1v) is 7.75. The molecule has 0 atom stereocenters. The zero-order valence-electron chi connectivity index (χ0n) is 11.7. The van der Waals surface area contributed by atoms with Crippen molar-refractivity contribution in [2.45, 2.75) is 36.2 Å². The first kappa shape index (κ1) is 16.8. The van der Waals surface area contributed by atoms with Crippen molar-refractivity contribution in [1.82, 2.24) is 4.72 Å². The van der Waals surface area contributed by atoms with Crippen molar-refractivity contribution in [1.29, 1.82) is 0 Å². The van der Waals surface area contributed by atoms with Crippen molar-refractivity contribution in [3.05, 3.63) is 18.2 Å². The number of rotatable bonds is 3. The fraction of sp³-hybridized carbons (Fsp3) is 0.417. The van der Waals surface area contributed by atoms with Crippen molar-refractivity contribution in [3.8, 4) is 0 Å². The number of nitrogens with one attached hydrogen (secondary N) is 2. The first-order valence-electron chi connectivity index (χ1n) is 5.82. The van der Waals surface area contributed by atoms with Crippen molar-refractivity contribution in [2.75, 3.05) is 12.4 Å². The molecule has 8 heteroatoms. The molecule has 0 aliphatic rings. The molecule has 0 spiro atoms. The van der Waals surface area contributed by atoms with Crippen LogP contribution in [0.1, 0.15) is 20.8 Å². The van der Waals surface area contributed by atoms with Crippen LogP contribution in [-0.2, 0) is 14.8 Å². The lowest BCUT2D eigenvalue weighted by Crippen LogP contribution is -2.27. The molecule has 0 bridgehead atoms. The minimum absolute atomic E-state index is 0.0314. The van der Waals surface area contributed by atoms with Crippen LogP contribution in [0.15, 0.2) is 28.0 Å². The van der Waals surface area contributed by atoms with E-state index in [-0.39, 0.29) is 10.6 Å². The summed E-state index contributed by atoms with van der Waals surface area (Å²) in [7, 11) is -2.27. The quantitative estimate of drug-likeness (QED) is 0.746. The number of carbonyl (C=O) groups excluding carboxylic acids is 1. The third-order valence-corrected chi connectivity index (χ3v) is 3.98. The van der Waals surface area contributed by atoms with Gasteiger partial charge in [-0.2, -0.15) is 0 Å². The topological polar surface area (TPSA) is 84.5 Å². The Morgan fingerprint density at radius 2 is 1.90 bits per heavy atom. The first-order chi connectivity index (χ1) is 9.05. The van der Waals surface area contributed by atoms with Gasteiger partial charge in [-0.1, -0.05) is 0 Å². The van der Waals surface area contributed by atoms with Crippen LogP contribution in [0.4, 0.5) is 10.5 Å². The number of hydrogen-bond donors (Lipinski definition) is 3. The van der Waals surface area contributed by atoms with Crippen molar-refractivity contribution in [2.24, 2.45) is 0 Å². The third-order valence-electron chi connectivity index (χ3n) is 2.18. The van der Waals surface area contributed by atoms with Gasteiger partial charge in [0.15, 0.2) is 0 Å². The van der Waals surface area contributed by atoms with Crippen LogP contribution in [0.3, 0.4) is 0 Å². The normalized spacial score (nSPS) is 12.1. The summed E-state index contributed by atoms with van der Waals surface area (Å²) in [5, 5.41) is 2.47. The summed E-state index contributed by atoms with van der Waals surface area (Å²) in [5.41, 5.74) is -0.380. The van der Waals surface area contributed by atoms with E-state index in [9.17, 15) is 13.2 Å². The Kier molecular flexibility index (Phi) is 5.06. The van der Waals surface area contributed by atoms with E-state index in [1.165, 1.54) is 25.2 Å². The Labute approximate surface area is 124 Å². The van der Waals surface area contributed by atoms with E-state index in [1.807, 2.05) is 0 Å². The zero-order valence-corrected chi connectivity index (χ0v) is 13.4. The zero-order chi connectivity index (χ0) is 15.6. The van der Waals surface area contributed by atoms with Crippen molar-refractivity contribution < 1.29 is 17.9 Å². The average Bonchev–Trinajstić information content (AvgIpc) is 2.29. The van der Waals surface area contributed by atoms with Crippen LogP contribution in [0, 0.1) is 0 Å². The SMILES string of the molecule is CNS(=O)(=O)c1ccc(S)c(NC(=O)OC(C)(C)C)c1. The molecule has 20 heavy (non-hydrogen) atoms. The summed E-state index contributed by atoms with van der Waals surface area (Å²) < 4.78 is 30.7. The molecule has 0 aromatic heterocycles. The predicted molar refractivity (Wildman–Crippen MR) is 79.8 cm³/mol. The molecule has 1 aromatic rings.